The molecule has 9 nitrogen and oxygen atoms in total. The van der Waals surface area contributed by atoms with Crippen LogP contribution < -0.4 is 16.4 Å². The zero-order valence-electron chi connectivity index (χ0n) is 19.3. The summed E-state index contributed by atoms with van der Waals surface area (Å²) in [6, 6.07) is 0. The highest BCUT2D eigenvalue weighted by molar-refractivity contribution is 14.0. The molecule has 1 unspecified atom stereocenters. The predicted octanol–water partition coefficient (Wildman–Crippen LogP) is 0.220. The molecule has 2 aliphatic rings. The Kier molecular flexibility index (Phi) is 13.9. The number of nitrogens with zero attached hydrogens (tertiary/aromatic N) is 3. The van der Waals surface area contributed by atoms with Crippen LogP contribution in [0.4, 0.5) is 0 Å². The topological polar surface area (TPSA) is 115 Å². The van der Waals surface area contributed by atoms with Gasteiger partial charge in [-0.25, -0.2) is 0 Å². The number of guanidine groups is 1. The largest absolute Gasteiger partial charge is 0.387 e. The average Bonchev–Trinajstić information content (AvgIpc) is 2.72. The highest BCUT2D eigenvalue weighted by Crippen LogP contribution is 2.16. The van der Waals surface area contributed by atoms with Crippen molar-refractivity contribution in [2.24, 2.45) is 16.6 Å². The minimum absolute atomic E-state index is 0. The maximum atomic E-state index is 11.2. The van der Waals surface area contributed by atoms with Crippen LogP contribution in [0, 0.1) is 5.92 Å². The van der Waals surface area contributed by atoms with Crippen molar-refractivity contribution in [1.82, 2.24) is 20.4 Å². The van der Waals surface area contributed by atoms with E-state index in [4.69, 9.17) is 10.5 Å². The molecule has 31 heavy (non-hydrogen) atoms. The first-order valence-electron chi connectivity index (χ1n) is 11.5. The Morgan fingerprint density at radius 3 is 2.45 bits per heavy atom. The minimum atomic E-state index is -0.864. The second-order valence-electron chi connectivity index (χ2n) is 8.73. The van der Waals surface area contributed by atoms with Gasteiger partial charge in [-0.2, -0.15) is 0 Å². The summed E-state index contributed by atoms with van der Waals surface area (Å²) in [5.74, 6) is 0.655. The lowest BCUT2D eigenvalue weighted by atomic mass is 9.96. The maximum Gasteiger partial charge on any atom is 0.220 e. The molecule has 0 bridgehead atoms. The van der Waals surface area contributed by atoms with Crippen LogP contribution in [0.25, 0.3) is 0 Å². The first-order chi connectivity index (χ1) is 14.4. The van der Waals surface area contributed by atoms with Crippen LogP contribution in [0.3, 0.4) is 0 Å². The van der Waals surface area contributed by atoms with Gasteiger partial charge < -0.3 is 31.1 Å². The molecule has 2 saturated heterocycles. The van der Waals surface area contributed by atoms with Crippen molar-refractivity contribution >= 4 is 35.8 Å². The van der Waals surface area contributed by atoms with Crippen molar-refractivity contribution in [3.8, 4) is 0 Å². The van der Waals surface area contributed by atoms with E-state index in [1.54, 1.807) is 0 Å². The summed E-state index contributed by atoms with van der Waals surface area (Å²) >= 11 is 0. The molecule has 2 aliphatic heterocycles. The smallest absolute Gasteiger partial charge is 0.220 e. The van der Waals surface area contributed by atoms with Crippen molar-refractivity contribution in [2.75, 3.05) is 72.1 Å². The van der Waals surface area contributed by atoms with Crippen LogP contribution in [0.5, 0.6) is 0 Å². The van der Waals surface area contributed by atoms with Crippen LogP contribution >= 0.6 is 24.0 Å². The minimum Gasteiger partial charge on any atom is -0.387 e. The number of carbonyl (C=O) groups is 1. The Hall–Kier alpha value is -0.690. The standard InChI is InChI=1S/C21H42N6O3.HI/c1-3-23-20(25-16-21(2,29)17-27-12-14-30-15-13-27)24-8-4-5-9-26-10-6-18(7-11-26)19(22)28;/h18,29H,3-17H2,1-2H3,(H2,22,28)(H2,23,24,25);1H. The van der Waals surface area contributed by atoms with Gasteiger partial charge in [-0.05, 0) is 59.2 Å². The molecule has 0 spiro atoms. The molecule has 5 N–H and O–H groups in total. The molecular weight excluding hydrogens is 511 g/mol. The number of rotatable bonds is 11. The van der Waals surface area contributed by atoms with Gasteiger partial charge in [0, 0.05) is 38.6 Å². The van der Waals surface area contributed by atoms with E-state index >= 15 is 0 Å². The number of aliphatic imine (C=N–C) groups is 1. The number of carbonyl (C=O) groups excluding carboxylic acids is 1. The van der Waals surface area contributed by atoms with Crippen molar-refractivity contribution in [3.05, 3.63) is 0 Å². The fraction of sp³-hybridized carbons (Fsp3) is 0.905. The van der Waals surface area contributed by atoms with Crippen molar-refractivity contribution in [1.29, 1.82) is 0 Å². The molecule has 182 valence electrons. The third-order valence-corrected chi connectivity index (χ3v) is 5.77. The van der Waals surface area contributed by atoms with Gasteiger partial charge in [0.2, 0.25) is 5.91 Å². The molecular formula is C21H43IN6O3. The molecule has 0 radical (unpaired) electrons. The summed E-state index contributed by atoms with van der Waals surface area (Å²) in [6.07, 6.45) is 3.91. The number of aliphatic hydroxyl groups is 1. The van der Waals surface area contributed by atoms with Gasteiger partial charge in [0.15, 0.2) is 5.96 Å². The summed E-state index contributed by atoms with van der Waals surface area (Å²) in [5.41, 5.74) is 4.53. The van der Waals surface area contributed by atoms with Gasteiger partial charge in [0.25, 0.3) is 0 Å². The molecule has 0 aliphatic carbocycles. The molecule has 1 amide bonds. The Morgan fingerprint density at radius 1 is 1.16 bits per heavy atom. The average molecular weight is 555 g/mol. The van der Waals surface area contributed by atoms with Crippen LogP contribution in [-0.4, -0.2) is 104 Å². The Bertz CT molecular complexity index is 535. The summed E-state index contributed by atoms with van der Waals surface area (Å²) in [7, 11) is 0. The lowest BCUT2D eigenvalue weighted by molar-refractivity contribution is -0.123. The highest BCUT2D eigenvalue weighted by Gasteiger charge is 2.25. The molecule has 0 saturated carbocycles. The number of hydrogen-bond donors (Lipinski definition) is 4. The Balaban J connectivity index is 0.00000480. The summed E-state index contributed by atoms with van der Waals surface area (Å²) < 4.78 is 5.37. The van der Waals surface area contributed by atoms with E-state index in [1.807, 2.05) is 13.8 Å². The van der Waals surface area contributed by atoms with E-state index in [0.29, 0.717) is 13.1 Å². The zero-order valence-corrected chi connectivity index (χ0v) is 21.6. The van der Waals surface area contributed by atoms with Gasteiger partial charge in [-0.1, -0.05) is 0 Å². The number of unbranched alkanes of at least 4 members (excludes halogenated alkanes) is 1. The number of morpholine rings is 1. The zero-order chi connectivity index (χ0) is 21.8. The molecule has 2 rings (SSSR count). The van der Waals surface area contributed by atoms with E-state index in [2.05, 4.69) is 25.4 Å². The number of β-amino-alcohol motifs (C(OH)–C–C–N with tert-alkyl or cyclic N) is 1. The van der Waals surface area contributed by atoms with Gasteiger partial charge in [-0.3, -0.25) is 14.7 Å². The number of piperidine rings is 1. The fourth-order valence-electron chi connectivity index (χ4n) is 3.99. The number of amides is 1. The maximum absolute atomic E-state index is 11.2. The molecule has 0 aromatic carbocycles. The molecule has 0 aromatic rings. The fourth-order valence-corrected chi connectivity index (χ4v) is 3.99. The van der Waals surface area contributed by atoms with Crippen LogP contribution in [0.1, 0.15) is 39.5 Å². The highest BCUT2D eigenvalue weighted by atomic mass is 127. The summed E-state index contributed by atoms with van der Waals surface area (Å²) in [4.78, 5) is 20.5. The Labute approximate surface area is 204 Å². The lowest BCUT2D eigenvalue weighted by Crippen LogP contribution is -2.48. The normalized spacial score (nSPS) is 21.2. The number of likely N-dealkylation sites (tertiary alicyclic amines) is 1. The molecule has 2 heterocycles. The van der Waals surface area contributed by atoms with E-state index in [1.165, 1.54) is 0 Å². The number of ether oxygens (including phenoxy) is 1. The molecule has 0 aromatic heterocycles. The number of halogens is 1. The monoisotopic (exact) mass is 554 g/mol. The lowest BCUT2D eigenvalue weighted by Gasteiger charge is -2.33. The molecule has 10 heteroatoms. The number of nitrogens with one attached hydrogen (secondary N) is 2. The molecule has 1 atom stereocenters. The third-order valence-electron chi connectivity index (χ3n) is 5.77. The summed E-state index contributed by atoms with van der Waals surface area (Å²) in [5, 5.41) is 17.3. The first-order valence-corrected chi connectivity index (χ1v) is 11.5. The second kappa shape index (κ2) is 15.2. The van der Waals surface area contributed by atoms with Gasteiger partial charge in [-0.15, -0.1) is 24.0 Å². The van der Waals surface area contributed by atoms with Gasteiger partial charge in [0.05, 0.1) is 25.4 Å². The summed E-state index contributed by atoms with van der Waals surface area (Å²) in [6.45, 7) is 12.6. The quantitative estimate of drug-likeness (QED) is 0.125. The van der Waals surface area contributed by atoms with E-state index < -0.39 is 5.60 Å². The first kappa shape index (κ1) is 28.3. The number of primary amides is 1. The number of hydrogen-bond acceptors (Lipinski definition) is 6. The second-order valence-corrected chi connectivity index (χ2v) is 8.73. The van der Waals surface area contributed by atoms with Crippen LogP contribution in [-0.2, 0) is 9.53 Å². The van der Waals surface area contributed by atoms with Crippen LogP contribution in [0.2, 0.25) is 0 Å². The third kappa shape index (κ3) is 11.7. The number of nitrogens with two attached hydrogens (primary N) is 1. The van der Waals surface area contributed by atoms with E-state index in [0.717, 1.165) is 90.7 Å². The van der Waals surface area contributed by atoms with Gasteiger partial charge in [0.1, 0.15) is 0 Å². The van der Waals surface area contributed by atoms with E-state index in [-0.39, 0.29) is 35.8 Å². The van der Waals surface area contributed by atoms with Crippen LogP contribution in [0.15, 0.2) is 4.99 Å². The predicted molar refractivity (Wildman–Crippen MR) is 135 cm³/mol. The Morgan fingerprint density at radius 2 is 1.84 bits per heavy atom. The van der Waals surface area contributed by atoms with Crippen molar-refractivity contribution in [3.63, 3.8) is 0 Å². The van der Waals surface area contributed by atoms with Crippen molar-refractivity contribution in [2.45, 2.75) is 45.1 Å². The molecule has 2 fully saturated rings. The SMILES string of the molecule is CCNC(=NCC(C)(O)CN1CCOCC1)NCCCCN1CCC(C(N)=O)CC1.I. The van der Waals surface area contributed by atoms with Crippen molar-refractivity contribution < 1.29 is 14.6 Å². The van der Waals surface area contributed by atoms with Gasteiger partial charge >= 0.3 is 0 Å². The van der Waals surface area contributed by atoms with E-state index in [9.17, 15) is 9.90 Å².